The summed E-state index contributed by atoms with van der Waals surface area (Å²) < 4.78 is 39.0. The molecule has 2 unspecified atom stereocenters. The van der Waals surface area contributed by atoms with Crippen molar-refractivity contribution in [1.82, 2.24) is 4.90 Å². The second-order valence-corrected chi connectivity index (χ2v) is 5.42. The molecule has 0 bridgehead atoms. The van der Waals surface area contributed by atoms with Crippen molar-refractivity contribution in [2.75, 3.05) is 6.54 Å². The van der Waals surface area contributed by atoms with Crippen LogP contribution in [0.2, 0.25) is 0 Å². The summed E-state index contributed by atoms with van der Waals surface area (Å²) in [6.45, 7) is 2.05. The molecule has 1 aromatic carbocycles. The Bertz CT molecular complexity index is 514. The Morgan fingerprint density at radius 2 is 2.10 bits per heavy atom. The van der Waals surface area contributed by atoms with E-state index in [4.69, 9.17) is 0 Å². The van der Waals surface area contributed by atoms with Crippen LogP contribution in [0.1, 0.15) is 42.1 Å². The summed E-state index contributed by atoms with van der Waals surface area (Å²) in [5.41, 5.74) is -1.22. The Hall–Kier alpha value is -1.56. The van der Waals surface area contributed by atoms with E-state index in [0.29, 0.717) is 19.4 Å². The first-order valence-corrected chi connectivity index (χ1v) is 6.96. The summed E-state index contributed by atoms with van der Waals surface area (Å²) in [5, 5.41) is 9.45. The van der Waals surface area contributed by atoms with Gasteiger partial charge in [-0.2, -0.15) is 13.2 Å². The third kappa shape index (κ3) is 3.56. The molecule has 3 nitrogen and oxygen atoms in total. The van der Waals surface area contributed by atoms with Crippen LogP contribution >= 0.6 is 0 Å². The average Bonchev–Trinajstić information content (AvgIpc) is 2.84. The first-order valence-electron chi connectivity index (χ1n) is 6.96. The molecule has 1 aliphatic rings. The van der Waals surface area contributed by atoms with Gasteiger partial charge in [0.2, 0.25) is 0 Å². The normalized spacial score (nSPS) is 20.6. The monoisotopic (exact) mass is 301 g/mol. The average molecular weight is 301 g/mol. The largest absolute Gasteiger partial charge is 0.417 e. The Balaban J connectivity index is 2.28. The molecule has 0 aromatic heterocycles. The predicted octanol–water partition coefficient (Wildman–Crippen LogP) is 3.08. The van der Waals surface area contributed by atoms with E-state index < -0.39 is 23.8 Å². The number of halogens is 3. The summed E-state index contributed by atoms with van der Waals surface area (Å²) in [7, 11) is 0. The molecule has 0 saturated carbocycles. The number of aliphatic hydroxyl groups is 1. The number of hydrogen-bond donors (Lipinski definition) is 1. The molecular formula is C15H18F3NO2. The number of aliphatic hydroxyl groups excluding tert-OH is 1. The highest BCUT2D eigenvalue weighted by atomic mass is 19.4. The van der Waals surface area contributed by atoms with Gasteiger partial charge >= 0.3 is 6.18 Å². The third-order valence-electron chi connectivity index (χ3n) is 3.71. The van der Waals surface area contributed by atoms with E-state index in [2.05, 4.69) is 0 Å². The van der Waals surface area contributed by atoms with Crippen molar-refractivity contribution in [3.63, 3.8) is 0 Å². The van der Waals surface area contributed by atoms with Crippen LogP contribution in [0, 0.1) is 0 Å². The fourth-order valence-electron chi connectivity index (χ4n) is 2.81. The standard InChI is InChI=1S/C15H18F3NO2/c1-10(20)9-11-5-4-8-19(11)14(21)12-6-2-3-7-13(12)15(16,17)18/h2-3,6-7,10-11,20H,4-5,8-9H2,1H3. The minimum atomic E-state index is -4.55. The van der Waals surface area contributed by atoms with E-state index in [1.54, 1.807) is 6.92 Å². The number of alkyl halides is 3. The van der Waals surface area contributed by atoms with E-state index in [-0.39, 0.29) is 11.6 Å². The Kier molecular flexibility index (Phi) is 4.56. The lowest BCUT2D eigenvalue weighted by Gasteiger charge is -2.27. The van der Waals surface area contributed by atoms with Gasteiger partial charge in [-0.1, -0.05) is 12.1 Å². The predicted molar refractivity (Wildman–Crippen MR) is 71.8 cm³/mol. The molecule has 21 heavy (non-hydrogen) atoms. The molecule has 1 saturated heterocycles. The number of hydrogen-bond acceptors (Lipinski definition) is 2. The van der Waals surface area contributed by atoms with Gasteiger partial charge in [0.1, 0.15) is 0 Å². The van der Waals surface area contributed by atoms with E-state index in [1.165, 1.54) is 23.1 Å². The van der Waals surface area contributed by atoms with Crippen LogP contribution in [0.15, 0.2) is 24.3 Å². The molecule has 2 rings (SSSR count). The first kappa shape index (κ1) is 15.8. The number of benzene rings is 1. The minimum Gasteiger partial charge on any atom is -0.393 e. The van der Waals surface area contributed by atoms with Crippen molar-refractivity contribution in [3.8, 4) is 0 Å². The van der Waals surface area contributed by atoms with Crippen molar-refractivity contribution in [2.24, 2.45) is 0 Å². The zero-order valence-corrected chi connectivity index (χ0v) is 11.7. The highest BCUT2D eigenvalue weighted by Gasteiger charge is 2.38. The lowest BCUT2D eigenvalue weighted by Crippen LogP contribution is -2.38. The first-order chi connectivity index (χ1) is 9.80. The van der Waals surface area contributed by atoms with Gasteiger partial charge in [-0.05, 0) is 38.3 Å². The van der Waals surface area contributed by atoms with Crippen LogP contribution in [0.3, 0.4) is 0 Å². The van der Waals surface area contributed by atoms with E-state index in [0.717, 1.165) is 12.5 Å². The number of likely N-dealkylation sites (tertiary alicyclic amines) is 1. The summed E-state index contributed by atoms with van der Waals surface area (Å²) in [6, 6.07) is 4.65. The molecule has 1 amide bonds. The fourth-order valence-corrected chi connectivity index (χ4v) is 2.81. The number of rotatable bonds is 3. The maximum Gasteiger partial charge on any atom is 0.417 e. The molecule has 0 radical (unpaired) electrons. The smallest absolute Gasteiger partial charge is 0.393 e. The summed E-state index contributed by atoms with van der Waals surface area (Å²) >= 11 is 0. The van der Waals surface area contributed by atoms with Gasteiger partial charge in [0.15, 0.2) is 0 Å². The molecule has 2 atom stereocenters. The lowest BCUT2D eigenvalue weighted by molar-refractivity contribution is -0.138. The number of amides is 1. The number of carbonyl (C=O) groups is 1. The van der Waals surface area contributed by atoms with Crippen molar-refractivity contribution in [2.45, 2.75) is 44.5 Å². The molecule has 1 aliphatic heterocycles. The summed E-state index contributed by atoms with van der Waals surface area (Å²) in [6.07, 6.45) is -3.28. The molecule has 6 heteroatoms. The van der Waals surface area contributed by atoms with Gasteiger partial charge in [-0.15, -0.1) is 0 Å². The van der Waals surface area contributed by atoms with Crippen molar-refractivity contribution < 1.29 is 23.1 Å². The van der Waals surface area contributed by atoms with Gasteiger partial charge in [0.05, 0.1) is 17.2 Å². The minimum absolute atomic E-state index is 0.196. The molecule has 1 N–H and O–H groups in total. The van der Waals surface area contributed by atoms with Gasteiger partial charge in [-0.25, -0.2) is 0 Å². The van der Waals surface area contributed by atoms with E-state index >= 15 is 0 Å². The van der Waals surface area contributed by atoms with Gasteiger partial charge < -0.3 is 10.0 Å². The molecule has 116 valence electrons. The highest BCUT2D eigenvalue weighted by molar-refractivity contribution is 5.96. The van der Waals surface area contributed by atoms with Crippen molar-refractivity contribution >= 4 is 5.91 Å². The quantitative estimate of drug-likeness (QED) is 0.932. The van der Waals surface area contributed by atoms with Crippen LogP contribution in [-0.2, 0) is 6.18 Å². The van der Waals surface area contributed by atoms with Crippen LogP contribution < -0.4 is 0 Å². The van der Waals surface area contributed by atoms with Crippen LogP contribution in [0.5, 0.6) is 0 Å². The highest BCUT2D eigenvalue weighted by Crippen LogP contribution is 2.33. The Morgan fingerprint density at radius 3 is 2.71 bits per heavy atom. The molecule has 0 spiro atoms. The van der Waals surface area contributed by atoms with E-state index in [9.17, 15) is 23.1 Å². The van der Waals surface area contributed by atoms with Crippen LogP contribution in [0.25, 0.3) is 0 Å². The molecular weight excluding hydrogens is 283 g/mol. The van der Waals surface area contributed by atoms with E-state index in [1.807, 2.05) is 0 Å². The maximum atomic E-state index is 13.0. The fraction of sp³-hybridized carbons (Fsp3) is 0.533. The second-order valence-electron chi connectivity index (χ2n) is 5.42. The van der Waals surface area contributed by atoms with Crippen molar-refractivity contribution in [1.29, 1.82) is 0 Å². The third-order valence-corrected chi connectivity index (χ3v) is 3.71. The Morgan fingerprint density at radius 1 is 1.43 bits per heavy atom. The zero-order valence-electron chi connectivity index (χ0n) is 11.7. The van der Waals surface area contributed by atoms with Crippen LogP contribution in [-0.4, -0.2) is 34.6 Å². The number of nitrogens with zero attached hydrogens (tertiary/aromatic N) is 1. The SMILES string of the molecule is CC(O)CC1CCCN1C(=O)c1ccccc1C(F)(F)F. The van der Waals surface area contributed by atoms with Crippen molar-refractivity contribution in [3.05, 3.63) is 35.4 Å². The van der Waals surface area contributed by atoms with Gasteiger partial charge in [0, 0.05) is 12.6 Å². The maximum absolute atomic E-state index is 13.0. The second kappa shape index (κ2) is 6.05. The van der Waals surface area contributed by atoms with Gasteiger partial charge in [0.25, 0.3) is 5.91 Å². The van der Waals surface area contributed by atoms with Gasteiger partial charge in [-0.3, -0.25) is 4.79 Å². The summed E-state index contributed by atoms with van der Waals surface area (Å²) in [5.74, 6) is -0.605. The number of carbonyl (C=O) groups excluding carboxylic acids is 1. The lowest BCUT2D eigenvalue weighted by atomic mass is 10.0. The summed E-state index contributed by atoms with van der Waals surface area (Å²) in [4.78, 5) is 13.9. The molecule has 1 aromatic rings. The zero-order chi connectivity index (χ0) is 15.6. The Labute approximate surface area is 121 Å². The van der Waals surface area contributed by atoms with Crippen LogP contribution in [0.4, 0.5) is 13.2 Å². The molecule has 1 heterocycles. The molecule has 0 aliphatic carbocycles. The molecule has 1 fully saturated rings. The topological polar surface area (TPSA) is 40.5 Å².